The molecular formula is C32H32ClN3O. The number of ether oxygens (including phenoxy) is 1. The van der Waals surface area contributed by atoms with Crippen LogP contribution in [-0.4, -0.2) is 32.1 Å². The number of anilines is 2. The standard InChI is InChI=1S/C32H32ClN3O/c1-6-36(7-2)23-15-12-21(13-16-23)26-19-29-30(25-11-9-8-10-24(25)26)34-20-32(37-29)31(3,4)27-18-22(33)14-17-28(27)35(32)5/h8-20H,6-7H2,1-5H3. The predicted molar refractivity (Wildman–Crippen MR) is 157 cm³/mol. The van der Waals surface area contributed by atoms with Crippen LogP contribution < -0.4 is 14.5 Å². The van der Waals surface area contributed by atoms with E-state index in [0.717, 1.165) is 57.3 Å². The molecule has 0 bridgehead atoms. The molecule has 1 spiro atoms. The van der Waals surface area contributed by atoms with Crippen molar-refractivity contribution in [1.29, 1.82) is 0 Å². The summed E-state index contributed by atoms with van der Waals surface area (Å²) < 4.78 is 7.02. The fourth-order valence-corrected chi connectivity index (χ4v) is 6.28. The van der Waals surface area contributed by atoms with Crippen LogP contribution in [0.4, 0.5) is 17.1 Å². The van der Waals surface area contributed by atoms with E-state index in [1.54, 1.807) is 0 Å². The van der Waals surface area contributed by atoms with Crippen LogP contribution in [0.15, 0.2) is 77.8 Å². The van der Waals surface area contributed by atoms with Crippen LogP contribution in [0.3, 0.4) is 0 Å². The van der Waals surface area contributed by atoms with Gasteiger partial charge in [0, 0.05) is 41.9 Å². The Morgan fingerprint density at radius 2 is 1.62 bits per heavy atom. The Balaban J connectivity index is 1.50. The molecule has 2 heterocycles. The molecule has 0 radical (unpaired) electrons. The quantitative estimate of drug-likeness (QED) is 0.277. The van der Waals surface area contributed by atoms with Gasteiger partial charge in [-0.15, -0.1) is 0 Å². The maximum absolute atomic E-state index is 7.02. The summed E-state index contributed by atoms with van der Waals surface area (Å²) in [6.07, 6.45) is 1.98. The summed E-state index contributed by atoms with van der Waals surface area (Å²) in [6.45, 7) is 10.8. The Bertz CT molecular complexity index is 1540. The van der Waals surface area contributed by atoms with Gasteiger partial charge in [-0.3, -0.25) is 4.99 Å². The minimum atomic E-state index is -0.765. The minimum Gasteiger partial charge on any atom is -0.459 e. The largest absolute Gasteiger partial charge is 0.459 e. The predicted octanol–water partition coefficient (Wildman–Crippen LogP) is 8.23. The Hall–Kier alpha value is -3.50. The first-order chi connectivity index (χ1) is 17.8. The SMILES string of the molecule is CCN(CC)c1ccc(-c2cc3c(c4ccccc24)N=CC2(O3)N(C)c3ccc(Cl)cc3C2(C)C)cc1. The molecule has 4 nitrogen and oxygen atoms in total. The van der Waals surface area contributed by atoms with Crippen LogP contribution in [0.1, 0.15) is 33.3 Å². The maximum Gasteiger partial charge on any atom is 0.228 e. The molecule has 0 aliphatic carbocycles. The molecule has 1 atom stereocenters. The van der Waals surface area contributed by atoms with E-state index in [2.05, 4.69) is 111 Å². The third-order valence-electron chi connectivity index (χ3n) is 8.31. The van der Waals surface area contributed by atoms with Crippen molar-refractivity contribution in [3.05, 3.63) is 83.4 Å². The average molecular weight is 510 g/mol. The zero-order chi connectivity index (χ0) is 25.9. The minimum absolute atomic E-state index is 0.375. The molecule has 2 aliphatic heterocycles. The molecule has 0 saturated carbocycles. The van der Waals surface area contributed by atoms with E-state index in [1.807, 2.05) is 12.3 Å². The third-order valence-corrected chi connectivity index (χ3v) is 8.54. The van der Waals surface area contributed by atoms with E-state index in [1.165, 1.54) is 11.1 Å². The van der Waals surface area contributed by atoms with Gasteiger partial charge in [0.1, 0.15) is 11.4 Å². The van der Waals surface area contributed by atoms with Gasteiger partial charge in [-0.05, 0) is 86.2 Å². The highest BCUT2D eigenvalue weighted by Gasteiger charge is 2.58. The van der Waals surface area contributed by atoms with Crippen molar-refractivity contribution in [3.8, 4) is 16.9 Å². The number of rotatable bonds is 4. The van der Waals surface area contributed by atoms with Crippen molar-refractivity contribution in [2.75, 3.05) is 29.9 Å². The first kappa shape index (κ1) is 23.9. The van der Waals surface area contributed by atoms with Crippen molar-refractivity contribution in [2.45, 2.75) is 38.8 Å². The van der Waals surface area contributed by atoms with Crippen molar-refractivity contribution in [1.82, 2.24) is 0 Å². The summed E-state index contributed by atoms with van der Waals surface area (Å²) in [7, 11) is 2.08. The summed E-state index contributed by atoms with van der Waals surface area (Å²) in [6, 6.07) is 25.6. The van der Waals surface area contributed by atoms with Crippen LogP contribution in [0.2, 0.25) is 5.02 Å². The number of likely N-dealkylation sites (N-methyl/N-ethyl adjacent to an activating group) is 1. The number of hydrogen-bond donors (Lipinski definition) is 0. The third kappa shape index (κ3) is 3.39. The highest BCUT2D eigenvalue weighted by atomic mass is 35.5. The van der Waals surface area contributed by atoms with Gasteiger partial charge in [0.15, 0.2) is 0 Å². The Morgan fingerprint density at radius 1 is 0.919 bits per heavy atom. The molecule has 188 valence electrons. The van der Waals surface area contributed by atoms with E-state index in [9.17, 15) is 0 Å². The van der Waals surface area contributed by atoms with Crippen molar-refractivity contribution >= 4 is 45.7 Å². The van der Waals surface area contributed by atoms with Gasteiger partial charge in [0.2, 0.25) is 5.72 Å². The van der Waals surface area contributed by atoms with E-state index in [-0.39, 0.29) is 5.41 Å². The normalized spacial score (nSPS) is 19.1. The molecule has 0 saturated heterocycles. The average Bonchev–Trinajstić information content (AvgIpc) is 3.07. The number of aliphatic imine (C=N–C) groups is 1. The topological polar surface area (TPSA) is 28.1 Å². The fraction of sp³-hybridized carbons (Fsp3) is 0.281. The lowest BCUT2D eigenvalue weighted by Crippen LogP contribution is -2.61. The lowest BCUT2D eigenvalue weighted by Gasteiger charge is -2.45. The first-order valence-electron chi connectivity index (χ1n) is 13.0. The van der Waals surface area contributed by atoms with Crippen LogP contribution in [0, 0.1) is 0 Å². The summed E-state index contributed by atoms with van der Waals surface area (Å²) in [5.74, 6) is 0.794. The van der Waals surface area contributed by atoms with Gasteiger partial charge in [0.05, 0.1) is 11.6 Å². The Kier molecular flexibility index (Phi) is 5.50. The lowest BCUT2D eigenvalue weighted by atomic mass is 9.77. The lowest BCUT2D eigenvalue weighted by molar-refractivity contribution is 0.0827. The van der Waals surface area contributed by atoms with E-state index in [4.69, 9.17) is 21.3 Å². The van der Waals surface area contributed by atoms with Gasteiger partial charge >= 0.3 is 0 Å². The summed E-state index contributed by atoms with van der Waals surface area (Å²) in [5.41, 5.74) is 5.55. The Morgan fingerprint density at radius 3 is 2.32 bits per heavy atom. The van der Waals surface area contributed by atoms with E-state index >= 15 is 0 Å². The number of halogens is 1. The number of nitrogens with zero attached hydrogens (tertiary/aromatic N) is 3. The molecule has 4 aromatic carbocycles. The molecule has 1 unspecified atom stereocenters. The fourth-order valence-electron chi connectivity index (χ4n) is 6.11. The summed E-state index contributed by atoms with van der Waals surface area (Å²) in [5, 5.41) is 2.99. The van der Waals surface area contributed by atoms with Gasteiger partial charge < -0.3 is 14.5 Å². The number of fused-ring (bicyclic) bond motifs is 4. The van der Waals surface area contributed by atoms with Gasteiger partial charge in [0.25, 0.3) is 0 Å². The van der Waals surface area contributed by atoms with Gasteiger partial charge in [-0.1, -0.05) is 48.0 Å². The van der Waals surface area contributed by atoms with Crippen molar-refractivity contribution in [2.24, 2.45) is 4.99 Å². The number of hydrogen-bond acceptors (Lipinski definition) is 4. The van der Waals surface area contributed by atoms with Gasteiger partial charge in [-0.2, -0.15) is 0 Å². The smallest absolute Gasteiger partial charge is 0.228 e. The first-order valence-corrected chi connectivity index (χ1v) is 13.4. The molecule has 0 amide bonds. The molecule has 5 heteroatoms. The summed E-state index contributed by atoms with van der Waals surface area (Å²) >= 11 is 6.41. The zero-order valence-electron chi connectivity index (χ0n) is 22.0. The molecule has 4 aromatic rings. The monoisotopic (exact) mass is 509 g/mol. The van der Waals surface area contributed by atoms with Crippen molar-refractivity contribution in [3.63, 3.8) is 0 Å². The van der Waals surface area contributed by atoms with Crippen LogP contribution in [-0.2, 0) is 5.41 Å². The van der Waals surface area contributed by atoms with Crippen LogP contribution in [0.5, 0.6) is 5.75 Å². The van der Waals surface area contributed by atoms with Crippen molar-refractivity contribution < 1.29 is 4.74 Å². The highest BCUT2D eigenvalue weighted by Crippen LogP contribution is 2.55. The second kappa shape index (κ2) is 8.53. The number of benzene rings is 4. The van der Waals surface area contributed by atoms with Gasteiger partial charge in [-0.25, -0.2) is 0 Å². The van der Waals surface area contributed by atoms with Crippen LogP contribution >= 0.6 is 11.6 Å². The van der Waals surface area contributed by atoms with Crippen LogP contribution in [0.25, 0.3) is 21.9 Å². The molecule has 2 aliphatic rings. The molecule has 37 heavy (non-hydrogen) atoms. The molecule has 0 N–H and O–H groups in total. The maximum atomic E-state index is 7.02. The highest BCUT2D eigenvalue weighted by molar-refractivity contribution is 6.30. The molecule has 0 aromatic heterocycles. The van der Waals surface area contributed by atoms with E-state index < -0.39 is 5.72 Å². The molecule has 0 fully saturated rings. The summed E-state index contributed by atoms with van der Waals surface area (Å²) in [4.78, 5) is 9.62. The molecular weight excluding hydrogens is 478 g/mol. The zero-order valence-corrected chi connectivity index (χ0v) is 22.8. The second-order valence-electron chi connectivity index (χ2n) is 10.4. The Labute approximate surface area is 224 Å². The second-order valence-corrected chi connectivity index (χ2v) is 10.9. The molecule has 6 rings (SSSR count). The van der Waals surface area contributed by atoms with E-state index in [0.29, 0.717) is 0 Å².